The van der Waals surface area contributed by atoms with Crippen molar-refractivity contribution in [3.8, 4) is 0 Å². The van der Waals surface area contributed by atoms with E-state index in [9.17, 15) is 0 Å². The van der Waals surface area contributed by atoms with Gasteiger partial charge < -0.3 is 4.74 Å². The van der Waals surface area contributed by atoms with E-state index in [0.29, 0.717) is 9.65 Å². The molecule has 0 unspecified atom stereocenters. The van der Waals surface area contributed by atoms with Gasteiger partial charge in [-0.1, -0.05) is 105 Å². The molecule has 1 nitrogen and oxygen atoms in total. The number of hydrogen-bond acceptors (Lipinski definition) is 1. The maximum absolute atomic E-state index is 5.80. The minimum Gasteiger partial charge on any atom is -0.381 e. The summed E-state index contributed by atoms with van der Waals surface area (Å²) in [5.41, 5.74) is 2.82. The zero-order valence-corrected chi connectivity index (χ0v) is 19.3. The summed E-state index contributed by atoms with van der Waals surface area (Å²) in [6, 6.07) is 21.4. The van der Waals surface area contributed by atoms with Gasteiger partial charge in [-0.3, -0.25) is 0 Å². The van der Waals surface area contributed by atoms with Crippen molar-refractivity contribution in [1.29, 1.82) is 0 Å². The Balaban J connectivity index is 1.39. The van der Waals surface area contributed by atoms with Crippen molar-refractivity contribution in [3.05, 3.63) is 71.8 Å². The molecule has 0 fully saturated rings. The van der Waals surface area contributed by atoms with Crippen LogP contribution in [0.15, 0.2) is 60.7 Å². The van der Waals surface area contributed by atoms with E-state index in [1.807, 2.05) is 0 Å². The highest BCUT2D eigenvalue weighted by molar-refractivity contribution is 9.09. The van der Waals surface area contributed by atoms with Crippen LogP contribution in [0.3, 0.4) is 0 Å². The lowest BCUT2D eigenvalue weighted by atomic mass is 10.1. The molecule has 27 heavy (non-hydrogen) atoms. The molecule has 0 bridgehead atoms. The zero-order valence-electron chi connectivity index (χ0n) is 16.2. The van der Waals surface area contributed by atoms with Crippen molar-refractivity contribution in [3.63, 3.8) is 0 Å². The Labute approximate surface area is 182 Å². The first kappa shape index (κ1) is 22.6. The second-order valence-corrected chi connectivity index (χ2v) is 9.77. The van der Waals surface area contributed by atoms with Crippen LogP contribution >= 0.6 is 31.9 Å². The van der Waals surface area contributed by atoms with Crippen LogP contribution in [-0.4, -0.2) is 22.9 Å². The largest absolute Gasteiger partial charge is 0.381 e. The standard InChI is InChI=1S/C24H32Br2O/c25-23(19-21-11-3-1-4-12-21)15-7-9-17-27-18-10-8-16-24(26)20-22-13-5-2-6-14-22/h1-6,11-14,23-24H,7-10,15-20H2/t23-,24-/m0/s1. The van der Waals surface area contributed by atoms with E-state index < -0.39 is 0 Å². The summed E-state index contributed by atoms with van der Waals surface area (Å²) in [5.74, 6) is 0. The second-order valence-electron chi connectivity index (χ2n) is 7.18. The molecule has 0 saturated carbocycles. The number of benzene rings is 2. The van der Waals surface area contributed by atoms with Gasteiger partial charge in [0.1, 0.15) is 0 Å². The molecule has 0 amide bonds. The molecule has 0 saturated heterocycles. The minimum atomic E-state index is 0.570. The van der Waals surface area contributed by atoms with Crippen LogP contribution in [0.1, 0.15) is 49.7 Å². The molecule has 0 radical (unpaired) electrons. The van der Waals surface area contributed by atoms with Gasteiger partial charge in [0.25, 0.3) is 0 Å². The predicted molar refractivity (Wildman–Crippen MR) is 124 cm³/mol. The lowest BCUT2D eigenvalue weighted by Crippen LogP contribution is -2.05. The molecule has 0 spiro atoms. The predicted octanol–water partition coefficient (Wildman–Crippen LogP) is 7.36. The topological polar surface area (TPSA) is 9.23 Å². The number of rotatable bonds is 14. The van der Waals surface area contributed by atoms with E-state index in [4.69, 9.17) is 4.74 Å². The van der Waals surface area contributed by atoms with Gasteiger partial charge in [0, 0.05) is 22.9 Å². The fourth-order valence-electron chi connectivity index (χ4n) is 3.19. The Kier molecular flexibility index (Phi) is 12.1. The van der Waals surface area contributed by atoms with E-state index in [0.717, 1.165) is 38.9 Å². The number of hydrogen-bond donors (Lipinski definition) is 0. The van der Waals surface area contributed by atoms with E-state index in [-0.39, 0.29) is 0 Å². The van der Waals surface area contributed by atoms with Crippen LogP contribution in [0.2, 0.25) is 0 Å². The third kappa shape index (κ3) is 11.1. The molecule has 0 aliphatic heterocycles. The van der Waals surface area contributed by atoms with Gasteiger partial charge in [-0.15, -0.1) is 0 Å². The van der Waals surface area contributed by atoms with Gasteiger partial charge in [-0.25, -0.2) is 0 Å². The minimum absolute atomic E-state index is 0.570. The Bertz CT molecular complexity index is 534. The summed E-state index contributed by atoms with van der Waals surface area (Å²) in [6.45, 7) is 1.79. The number of ether oxygens (including phenoxy) is 1. The van der Waals surface area contributed by atoms with Gasteiger partial charge in [-0.2, -0.15) is 0 Å². The second kappa shape index (κ2) is 14.4. The number of unbranched alkanes of at least 4 members (excludes halogenated alkanes) is 2. The third-order valence-electron chi connectivity index (χ3n) is 4.71. The highest BCUT2D eigenvalue weighted by Crippen LogP contribution is 2.17. The van der Waals surface area contributed by atoms with Crippen LogP contribution < -0.4 is 0 Å². The summed E-state index contributed by atoms with van der Waals surface area (Å²) >= 11 is 7.62. The summed E-state index contributed by atoms with van der Waals surface area (Å²) in [7, 11) is 0. The van der Waals surface area contributed by atoms with Crippen LogP contribution in [-0.2, 0) is 17.6 Å². The first-order chi connectivity index (χ1) is 13.2. The molecular weight excluding hydrogens is 464 g/mol. The summed E-state index contributed by atoms with van der Waals surface area (Å²) in [6.07, 6.45) is 9.41. The maximum atomic E-state index is 5.80. The van der Waals surface area contributed by atoms with E-state index in [1.165, 1.54) is 36.8 Å². The monoisotopic (exact) mass is 494 g/mol. The van der Waals surface area contributed by atoms with E-state index in [1.54, 1.807) is 0 Å². The lowest BCUT2D eigenvalue weighted by molar-refractivity contribution is 0.126. The Morgan fingerprint density at radius 1 is 0.593 bits per heavy atom. The average molecular weight is 496 g/mol. The van der Waals surface area contributed by atoms with Crippen molar-refractivity contribution < 1.29 is 4.74 Å². The molecule has 0 aromatic heterocycles. The summed E-state index contributed by atoms with van der Waals surface area (Å²) < 4.78 is 5.80. The quantitative estimate of drug-likeness (QED) is 0.196. The summed E-state index contributed by atoms with van der Waals surface area (Å²) in [5, 5.41) is 0. The Hall–Kier alpha value is -0.640. The Morgan fingerprint density at radius 2 is 1.00 bits per heavy atom. The highest BCUT2D eigenvalue weighted by Gasteiger charge is 2.06. The summed E-state index contributed by atoms with van der Waals surface area (Å²) in [4.78, 5) is 1.14. The average Bonchev–Trinajstić information content (AvgIpc) is 2.68. The highest BCUT2D eigenvalue weighted by atomic mass is 79.9. The van der Waals surface area contributed by atoms with Crippen LogP contribution in [0, 0.1) is 0 Å². The zero-order chi connectivity index (χ0) is 19.2. The fourth-order valence-corrected chi connectivity index (χ4v) is 4.58. The molecule has 3 heteroatoms. The normalized spacial score (nSPS) is 13.4. The Morgan fingerprint density at radius 3 is 1.41 bits per heavy atom. The van der Waals surface area contributed by atoms with Gasteiger partial charge in [0.2, 0.25) is 0 Å². The molecule has 0 aliphatic carbocycles. The molecule has 0 heterocycles. The number of alkyl halides is 2. The molecule has 148 valence electrons. The fraction of sp³-hybridized carbons (Fsp3) is 0.500. The molecule has 0 aliphatic rings. The van der Waals surface area contributed by atoms with E-state index in [2.05, 4.69) is 92.5 Å². The maximum Gasteiger partial charge on any atom is 0.0466 e. The van der Waals surface area contributed by atoms with Gasteiger partial charge in [0.15, 0.2) is 0 Å². The smallest absolute Gasteiger partial charge is 0.0466 e. The molecule has 0 N–H and O–H groups in total. The first-order valence-corrected chi connectivity index (χ1v) is 12.0. The molecule has 2 aromatic rings. The van der Waals surface area contributed by atoms with Crippen molar-refractivity contribution in [2.75, 3.05) is 13.2 Å². The molecule has 2 aromatic carbocycles. The van der Waals surface area contributed by atoms with Crippen molar-refractivity contribution in [2.24, 2.45) is 0 Å². The van der Waals surface area contributed by atoms with Crippen LogP contribution in [0.25, 0.3) is 0 Å². The lowest BCUT2D eigenvalue weighted by Gasteiger charge is -2.11. The van der Waals surface area contributed by atoms with Crippen LogP contribution in [0.5, 0.6) is 0 Å². The molecule has 2 atom stereocenters. The molecule has 2 rings (SSSR count). The SMILES string of the molecule is Br[C@@H](CCCCOCCCC[C@H](Br)Cc1ccccc1)Cc1ccccc1. The third-order valence-corrected chi connectivity index (χ3v) is 6.28. The van der Waals surface area contributed by atoms with Crippen molar-refractivity contribution in [2.45, 2.75) is 61.0 Å². The van der Waals surface area contributed by atoms with Gasteiger partial charge in [-0.05, 0) is 49.7 Å². The van der Waals surface area contributed by atoms with Gasteiger partial charge in [0.05, 0.1) is 0 Å². The number of halogens is 2. The van der Waals surface area contributed by atoms with Crippen molar-refractivity contribution >= 4 is 31.9 Å². The molecular formula is C24H32Br2O. The van der Waals surface area contributed by atoms with Crippen LogP contribution in [0.4, 0.5) is 0 Å². The first-order valence-electron chi connectivity index (χ1n) is 10.2. The van der Waals surface area contributed by atoms with Crippen molar-refractivity contribution in [1.82, 2.24) is 0 Å². The van der Waals surface area contributed by atoms with E-state index >= 15 is 0 Å². The van der Waals surface area contributed by atoms with Gasteiger partial charge >= 0.3 is 0 Å².